The lowest BCUT2D eigenvalue weighted by atomic mass is 10.0. The number of aromatic nitrogens is 1. The number of pyridine rings is 1. The van der Waals surface area contributed by atoms with E-state index >= 15 is 0 Å². The highest BCUT2D eigenvalue weighted by Gasteiger charge is 2.12. The molecular formula is C13H10FNO3. The molecule has 1 N–H and O–H groups in total. The number of nitrogens with zero attached hydrogens (tertiary/aromatic N) is 1. The lowest BCUT2D eigenvalue weighted by Gasteiger charge is -2.07. The van der Waals surface area contributed by atoms with Gasteiger partial charge in [-0.2, -0.15) is 0 Å². The smallest absolute Gasteiger partial charge is 0.339 e. The number of rotatable bonds is 3. The number of carboxylic acid groups (broad SMARTS) is 1. The Morgan fingerprint density at radius 2 is 2.06 bits per heavy atom. The number of carboxylic acids is 1. The van der Waals surface area contributed by atoms with Crippen LogP contribution in [-0.4, -0.2) is 23.2 Å². The van der Waals surface area contributed by atoms with Gasteiger partial charge in [0.25, 0.3) is 0 Å². The molecule has 92 valence electrons. The summed E-state index contributed by atoms with van der Waals surface area (Å²) in [6.07, 6.45) is 2.56. The molecule has 2 rings (SSSR count). The van der Waals surface area contributed by atoms with Crippen molar-refractivity contribution in [2.24, 2.45) is 0 Å². The van der Waals surface area contributed by atoms with Crippen molar-refractivity contribution in [3.63, 3.8) is 0 Å². The first kappa shape index (κ1) is 12.0. The van der Waals surface area contributed by atoms with Crippen LogP contribution in [0.5, 0.6) is 5.75 Å². The number of benzene rings is 1. The first-order valence-corrected chi connectivity index (χ1v) is 5.14. The summed E-state index contributed by atoms with van der Waals surface area (Å²) < 4.78 is 18.0. The fourth-order valence-electron chi connectivity index (χ4n) is 1.62. The third-order valence-electron chi connectivity index (χ3n) is 2.47. The topological polar surface area (TPSA) is 59.4 Å². The number of carbonyl (C=O) groups is 1. The maximum absolute atomic E-state index is 13.1. The van der Waals surface area contributed by atoms with E-state index in [1.165, 1.54) is 31.5 Å². The van der Waals surface area contributed by atoms with E-state index in [9.17, 15) is 9.18 Å². The van der Waals surface area contributed by atoms with Crippen LogP contribution in [0.25, 0.3) is 11.1 Å². The lowest BCUT2D eigenvalue weighted by Crippen LogP contribution is -2.00. The number of halogens is 1. The van der Waals surface area contributed by atoms with Crippen molar-refractivity contribution in [3.8, 4) is 16.9 Å². The predicted octanol–water partition coefficient (Wildman–Crippen LogP) is 2.59. The molecule has 0 saturated carbocycles. The molecular weight excluding hydrogens is 237 g/mol. The van der Waals surface area contributed by atoms with Gasteiger partial charge in [-0.3, -0.25) is 4.98 Å². The molecule has 0 spiro atoms. The van der Waals surface area contributed by atoms with Crippen molar-refractivity contribution in [3.05, 3.63) is 48.0 Å². The summed E-state index contributed by atoms with van der Waals surface area (Å²) in [7, 11) is 1.39. The second-order valence-electron chi connectivity index (χ2n) is 3.61. The van der Waals surface area contributed by atoms with Gasteiger partial charge in [-0.15, -0.1) is 0 Å². The van der Waals surface area contributed by atoms with Crippen LogP contribution >= 0.6 is 0 Å². The number of ether oxygens (including phenoxy) is 1. The van der Waals surface area contributed by atoms with Crippen LogP contribution in [0.15, 0.2) is 36.7 Å². The Labute approximate surface area is 103 Å². The summed E-state index contributed by atoms with van der Waals surface area (Å²) in [4.78, 5) is 14.8. The van der Waals surface area contributed by atoms with Gasteiger partial charge < -0.3 is 9.84 Å². The highest BCUT2D eigenvalue weighted by Crippen LogP contribution is 2.26. The summed E-state index contributed by atoms with van der Waals surface area (Å²) in [5.41, 5.74) is 1.11. The van der Waals surface area contributed by atoms with E-state index in [-0.39, 0.29) is 11.3 Å². The predicted molar refractivity (Wildman–Crippen MR) is 63.1 cm³/mol. The number of hydrogen-bond acceptors (Lipinski definition) is 3. The standard InChI is InChI=1S/C13H10FNO3/c1-18-12-3-2-8(5-11(12)13(16)17)9-4-10(14)7-15-6-9/h2-7H,1H3,(H,16,17). The van der Waals surface area contributed by atoms with Crippen LogP contribution in [0.3, 0.4) is 0 Å². The van der Waals surface area contributed by atoms with E-state index in [1.54, 1.807) is 6.07 Å². The number of methoxy groups -OCH3 is 1. The Kier molecular flexibility index (Phi) is 3.23. The SMILES string of the molecule is COc1ccc(-c2cncc(F)c2)cc1C(=O)O. The molecule has 1 heterocycles. The molecule has 0 saturated heterocycles. The fraction of sp³-hybridized carbons (Fsp3) is 0.0769. The average molecular weight is 247 g/mol. The van der Waals surface area contributed by atoms with E-state index < -0.39 is 11.8 Å². The summed E-state index contributed by atoms with van der Waals surface area (Å²) >= 11 is 0. The lowest BCUT2D eigenvalue weighted by molar-refractivity contribution is 0.0693. The minimum absolute atomic E-state index is 0.0271. The van der Waals surface area contributed by atoms with Crippen molar-refractivity contribution >= 4 is 5.97 Å². The third kappa shape index (κ3) is 2.29. The van der Waals surface area contributed by atoms with Crippen LogP contribution in [0.1, 0.15) is 10.4 Å². The maximum Gasteiger partial charge on any atom is 0.339 e. The van der Waals surface area contributed by atoms with Crippen molar-refractivity contribution in [1.82, 2.24) is 4.98 Å². The molecule has 1 aromatic carbocycles. The molecule has 0 aliphatic heterocycles. The first-order chi connectivity index (χ1) is 8.61. The van der Waals surface area contributed by atoms with Crippen LogP contribution in [0.2, 0.25) is 0 Å². The van der Waals surface area contributed by atoms with E-state index in [1.807, 2.05) is 0 Å². The van der Waals surface area contributed by atoms with Crippen molar-refractivity contribution in [2.45, 2.75) is 0 Å². The molecule has 0 bridgehead atoms. The Morgan fingerprint density at radius 1 is 1.28 bits per heavy atom. The van der Waals surface area contributed by atoms with Crippen molar-refractivity contribution in [1.29, 1.82) is 0 Å². The molecule has 0 amide bonds. The summed E-state index contributed by atoms with van der Waals surface area (Å²) in [6, 6.07) is 5.91. The highest BCUT2D eigenvalue weighted by molar-refractivity contribution is 5.92. The third-order valence-corrected chi connectivity index (χ3v) is 2.47. The molecule has 0 aliphatic rings. The molecule has 0 fully saturated rings. The molecule has 1 aromatic heterocycles. The Hall–Kier alpha value is -2.43. The molecule has 0 atom stereocenters. The normalized spacial score (nSPS) is 10.1. The molecule has 4 nitrogen and oxygen atoms in total. The van der Waals surface area contributed by atoms with Gasteiger partial charge in [0.1, 0.15) is 17.1 Å². The van der Waals surface area contributed by atoms with Gasteiger partial charge in [0.05, 0.1) is 13.3 Å². The zero-order chi connectivity index (χ0) is 13.1. The van der Waals surface area contributed by atoms with Gasteiger partial charge in [0, 0.05) is 11.8 Å². The molecule has 2 aromatic rings. The quantitative estimate of drug-likeness (QED) is 0.905. The van der Waals surface area contributed by atoms with Crippen LogP contribution < -0.4 is 4.74 Å². The largest absolute Gasteiger partial charge is 0.496 e. The molecule has 5 heteroatoms. The summed E-state index contributed by atoms with van der Waals surface area (Å²) in [6.45, 7) is 0. The van der Waals surface area contributed by atoms with Gasteiger partial charge in [-0.05, 0) is 23.8 Å². The monoisotopic (exact) mass is 247 g/mol. The van der Waals surface area contributed by atoms with Crippen LogP contribution in [-0.2, 0) is 0 Å². The van der Waals surface area contributed by atoms with Crippen molar-refractivity contribution in [2.75, 3.05) is 7.11 Å². The average Bonchev–Trinajstić information content (AvgIpc) is 2.38. The number of aromatic carboxylic acids is 1. The maximum atomic E-state index is 13.1. The first-order valence-electron chi connectivity index (χ1n) is 5.14. The highest BCUT2D eigenvalue weighted by atomic mass is 19.1. The molecule has 18 heavy (non-hydrogen) atoms. The van der Waals surface area contributed by atoms with Crippen molar-refractivity contribution < 1.29 is 19.0 Å². The molecule has 0 unspecified atom stereocenters. The summed E-state index contributed by atoms with van der Waals surface area (Å²) in [5.74, 6) is -1.31. The second-order valence-corrected chi connectivity index (χ2v) is 3.61. The van der Waals surface area contributed by atoms with Gasteiger partial charge in [-0.1, -0.05) is 6.07 Å². The van der Waals surface area contributed by atoms with Gasteiger partial charge in [0.2, 0.25) is 0 Å². The Morgan fingerprint density at radius 3 is 2.67 bits per heavy atom. The fourth-order valence-corrected chi connectivity index (χ4v) is 1.62. The Bertz CT molecular complexity index is 599. The van der Waals surface area contributed by atoms with Gasteiger partial charge >= 0.3 is 5.97 Å². The molecule has 0 aliphatic carbocycles. The second kappa shape index (κ2) is 4.83. The minimum atomic E-state index is -1.10. The van der Waals surface area contributed by atoms with E-state index in [2.05, 4.69) is 4.98 Å². The minimum Gasteiger partial charge on any atom is -0.496 e. The van der Waals surface area contributed by atoms with E-state index in [4.69, 9.17) is 9.84 Å². The van der Waals surface area contributed by atoms with Gasteiger partial charge in [-0.25, -0.2) is 9.18 Å². The van der Waals surface area contributed by atoms with Gasteiger partial charge in [0.15, 0.2) is 0 Å². The number of hydrogen-bond donors (Lipinski definition) is 1. The summed E-state index contributed by atoms with van der Waals surface area (Å²) in [5, 5.41) is 9.05. The van der Waals surface area contributed by atoms with E-state index in [0.717, 1.165) is 6.20 Å². The van der Waals surface area contributed by atoms with Crippen LogP contribution in [0.4, 0.5) is 4.39 Å². The van der Waals surface area contributed by atoms with E-state index in [0.29, 0.717) is 11.1 Å². The zero-order valence-corrected chi connectivity index (χ0v) is 9.55. The Balaban J connectivity index is 2.53. The van der Waals surface area contributed by atoms with Crippen LogP contribution in [0, 0.1) is 5.82 Å². The zero-order valence-electron chi connectivity index (χ0n) is 9.55. The molecule has 0 radical (unpaired) electrons.